The van der Waals surface area contributed by atoms with Crippen molar-refractivity contribution >= 4 is 11.7 Å². The first-order chi connectivity index (χ1) is 9.65. The van der Waals surface area contributed by atoms with Gasteiger partial charge in [0.1, 0.15) is 5.82 Å². The van der Waals surface area contributed by atoms with Crippen molar-refractivity contribution in [3.8, 4) is 0 Å². The minimum atomic E-state index is -0.0833. The Bertz CT molecular complexity index is 427. The summed E-state index contributed by atoms with van der Waals surface area (Å²) in [7, 11) is 0. The van der Waals surface area contributed by atoms with Crippen LogP contribution in [0.1, 0.15) is 43.5 Å². The van der Waals surface area contributed by atoms with Crippen LogP contribution >= 0.6 is 0 Å². The van der Waals surface area contributed by atoms with Crippen LogP contribution in [0.3, 0.4) is 0 Å². The summed E-state index contributed by atoms with van der Waals surface area (Å²) >= 11 is 0. The number of nitrogens with one attached hydrogen (secondary N) is 2. The second-order valence-corrected chi connectivity index (χ2v) is 5.38. The summed E-state index contributed by atoms with van der Waals surface area (Å²) in [5, 5.41) is 6.16. The zero-order valence-corrected chi connectivity index (χ0v) is 12.2. The normalized spacial score (nSPS) is 14.3. The second kappa shape index (κ2) is 7.24. The lowest BCUT2D eigenvalue weighted by molar-refractivity contribution is 0.0757. The first kappa shape index (κ1) is 14.8. The van der Waals surface area contributed by atoms with E-state index in [0.29, 0.717) is 24.8 Å². The van der Waals surface area contributed by atoms with Crippen LogP contribution in [-0.4, -0.2) is 36.2 Å². The van der Waals surface area contributed by atoms with Gasteiger partial charge in [-0.15, -0.1) is 0 Å². The molecule has 1 aromatic heterocycles. The Morgan fingerprint density at radius 2 is 2.25 bits per heavy atom. The van der Waals surface area contributed by atoms with E-state index in [1.165, 1.54) is 12.8 Å². The number of carbonyl (C=O) groups is 1. The lowest BCUT2D eigenvalue weighted by atomic mass is 10.2. The third-order valence-electron chi connectivity index (χ3n) is 3.01. The van der Waals surface area contributed by atoms with Crippen LogP contribution in [-0.2, 0) is 4.74 Å². The summed E-state index contributed by atoms with van der Waals surface area (Å²) in [4.78, 5) is 16.1. The van der Waals surface area contributed by atoms with E-state index in [1.54, 1.807) is 12.3 Å². The SMILES string of the molecule is CC(C)OCCCNC(=O)c1ccc(NC2CC2)nc1. The number of rotatable bonds is 8. The van der Waals surface area contributed by atoms with Crippen LogP contribution < -0.4 is 10.6 Å². The van der Waals surface area contributed by atoms with Crippen molar-refractivity contribution in [2.75, 3.05) is 18.5 Å². The molecule has 0 saturated heterocycles. The largest absolute Gasteiger partial charge is 0.379 e. The van der Waals surface area contributed by atoms with Gasteiger partial charge in [0.25, 0.3) is 5.91 Å². The molecule has 1 aliphatic carbocycles. The summed E-state index contributed by atoms with van der Waals surface area (Å²) in [6.07, 6.45) is 5.09. The maximum absolute atomic E-state index is 11.9. The van der Waals surface area contributed by atoms with Gasteiger partial charge in [-0.3, -0.25) is 4.79 Å². The van der Waals surface area contributed by atoms with Crippen molar-refractivity contribution in [1.29, 1.82) is 0 Å². The van der Waals surface area contributed by atoms with Crippen LogP contribution in [0.4, 0.5) is 5.82 Å². The summed E-state index contributed by atoms with van der Waals surface area (Å²) in [6, 6.07) is 4.23. The van der Waals surface area contributed by atoms with E-state index in [-0.39, 0.29) is 12.0 Å². The number of hydrogen-bond donors (Lipinski definition) is 2. The second-order valence-electron chi connectivity index (χ2n) is 5.38. The lowest BCUT2D eigenvalue weighted by Crippen LogP contribution is -2.25. The highest BCUT2D eigenvalue weighted by Gasteiger charge is 2.21. The van der Waals surface area contributed by atoms with E-state index >= 15 is 0 Å². The van der Waals surface area contributed by atoms with Crippen LogP contribution in [0, 0.1) is 0 Å². The molecule has 2 rings (SSSR count). The van der Waals surface area contributed by atoms with Gasteiger partial charge in [-0.25, -0.2) is 4.98 Å². The average molecular weight is 277 g/mol. The molecule has 0 bridgehead atoms. The van der Waals surface area contributed by atoms with Crippen molar-refractivity contribution in [3.63, 3.8) is 0 Å². The van der Waals surface area contributed by atoms with Crippen molar-refractivity contribution in [2.24, 2.45) is 0 Å². The van der Waals surface area contributed by atoms with Crippen molar-refractivity contribution in [1.82, 2.24) is 10.3 Å². The molecule has 0 aliphatic heterocycles. The smallest absolute Gasteiger partial charge is 0.252 e. The maximum Gasteiger partial charge on any atom is 0.252 e. The molecule has 2 N–H and O–H groups in total. The zero-order chi connectivity index (χ0) is 14.4. The molecule has 0 spiro atoms. The fourth-order valence-corrected chi connectivity index (χ4v) is 1.75. The number of amides is 1. The molecule has 0 aromatic carbocycles. The summed E-state index contributed by atoms with van der Waals surface area (Å²) in [6.45, 7) is 5.29. The highest BCUT2D eigenvalue weighted by atomic mass is 16.5. The Morgan fingerprint density at radius 3 is 2.85 bits per heavy atom. The van der Waals surface area contributed by atoms with E-state index in [2.05, 4.69) is 15.6 Å². The fraction of sp³-hybridized carbons (Fsp3) is 0.600. The predicted octanol–water partition coefficient (Wildman–Crippen LogP) is 2.20. The van der Waals surface area contributed by atoms with E-state index in [4.69, 9.17) is 4.74 Å². The van der Waals surface area contributed by atoms with Crippen LogP contribution in [0.25, 0.3) is 0 Å². The molecule has 20 heavy (non-hydrogen) atoms. The van der Waals surface area contributed by atoms with E-state index in [9.17, 15) is 4.79 Å². The lowest BCUT2D eigenvalue weighted by Gasteiger charge is -2.08. The van der Waals surface area contributed by atoms with Gasteiger partial charge >= 0.3 is 0 Å². The van der Waals surface area contributed by atoms with Gasteiger partial charge in [0, 0.05) is 25.4 Å². The van der Waals surface area contributed by atoms with Gasteiger partial charge < -0.3 is 15.4 Å². The highest BCUT2D eigenvalue weighted by Crippen LogP contribution is 2.23. The molecule has 110 valence electrons. The third-order valence-corrected chi connectivity index (χ3v) is 3.01. The van der Waals surface area contributed by atoms with Gasteiger partial charge in [0.15, 0.2) is 0 Å². The molecule has 5 nitrogen and oxygen atoms in total. The molecule has 0 atom stereocenters. The number of ether oxygens (including phenoxy) is 1. The first-order valence-corrected chi connectivity index (χ1v) is 7.27. The summed E-state index contributed by atoms with van der Waals surface area (Å²) in [5.74, 6) is 0.759. The molecule has 0 unspecified atom stereocenters. The molecule has 1 fully saturated rings. The maximum atomic E-state index is 11.9. The third kappa shape index (κ3) is 5.17. The monoisotopic (exact) mass is 277 g/mol. The molecule has 1 saturated carbocycles. The zero-order valence-electron chi connectivity index (χ0n) is 12.2. The Morgan fingerprint density at radius 1 is 1.45 bits per heavy atom. The van der Waals surface area contributed by atoms with Gasteiger partial charge in [-0.1, -0.05) is 0 Å². The Balaban J connectivity index is 1.68. The number of hydrogen-bond acceptors (Lipinski definition) is 4. The predicted molar refractivity (Wildman–Crippen MR) is 78.9 cm³/mol. The van der Waals surface area contributed by atoms with Gasteiger partial charge in [-0.2, -0.15) is 0 Å². The molecule has 1 amide bonds. The fourth-order valence-electron chi connectivity index (χ4n) is 1.75. The number of nitrogens with zero attached hydrogens (tertiary/aromatic N) is 1. The van der Waals surface area contributed by atoms with Crippen LogP contribution in [0.2, 0.25) is 0 Å². The van der Waals surface area contributed by atoms with Crippen molar-refractivity contribution < 1.29 is 9.53 Å². The molecule has 1 aromatic rings. The number of anilines is 1. The van der Waals surface area contributed by atoms with Crippen LogP contribution in [0.15, 0.2) is 18.3 Å². The van der Waals surface area contributed by atoms with E-state index < -0.39 is 0 Å². The van der Waals surface area contributed by atoms with Crippen molar-refractivity contribution in [2.45, 2.75) is 45.3 Å². The summed E-state index contributed by atoms with van der Waals surface area (Å²) in [5.41, 5.74) is 0.594. The molecule has 1 aliphatic rings. The summed E-state index contributed by atoms with van der Waals surface area (Å²) < 4.78 is 5.42. The molecule has 0 radical (unpaired) electrons. The molecule has 5 heteroatoms. The number of pyridine rings is 1. The van der Waals surface area contributed by atoms with Gasteiger partial charge in [0.2, 0.25) is 0 Å². The molecular weight excluding hydrogens is 254 g/mol. The Labute approximate surface area is 120 Å². The minimum absolute atomic E-state index is 0.0833. The van der Waals surface area contributed by atoms with Crippen LogP contribution in [0.5, 0.6) is 0 Å². The number of aromatic nitrogens is 1. The Hall–Kier alpha value is -1.62. The standard InChI is InChI=1S/C15H23N3O2/c1-11(2)20-9-3-8-16-15(19)12-4-7-14(17-10-12)18-13-5-6-13/h4,7,10-11,13H,3,5-6,8-9H2,1-2H3,(H,16,19)(H,17,18). The molecule has 1 heterocycles. The minimum Gasteiger partial charge on any atom is -0.379 e. The van der Waals surface area contributed by atoms with E-state index in [0.717, 1.165) is 12.2 Å². The first-order valence-electron chi connectivity index (χ1n) is 7.27. The topological polar surface area (TPSA) is 63.2 Å². The number of carbonyl (C=O) groups excluding carboxylic acids is 1. The van der Waals surface area contributed by atoms with Gasteiger partial charge in [-0.05, 0) is 45.2 Å². The quantitative estimate of drug-likeness (QED) is 0.715. The van der Waals surface area contributed by atoms with E-state index in [1.807, 2.05) is 19.9 Å². The molecular formula is C15H23N3O2. The highest BCUT2D eigenvalue weighted by molar-refractivity contribution is 5.94. The van der Waals surface area contributed by atoms with Gasteiger partial charge in [0.05, 0.1) is 11.7 Å². The average Bonchev–Trinajstić information content (AvgIpc) is 3.22. The van der Waals surface area contributed by atoms with Crippen molar-refractivity contribution in [3.05, 3.63) is 23.9 Å². The Kier molecular flexibility index (Phi) is 5.35.